The topological polar surface area (TPSA) is 55.3 Å². The van der Waals surface area contributed by atoms with Gasteiger partial charge < -0.3 is 10.3 Å². The van der Waals surface area contributed by atoms with Crippen molar-refractivity contribution in [3.8, 4) is 0 Å². The van der Waals surface area contributed by atoms with E-state index in [0.717, 1.165) is 37.3 Å². The maximum absolute atomic E-state index is 5.63. The van der Waals surface area contributed by atoms with E-state index in [4.69, 9.17) is 10.3 Å². The lowest BCUT2D eigenvalue weighted by Gasteiger charge is -2.24. The second-order valence-corrected chi connectivity index (χ2v) is 3.50. The Balaban J connectivity index is 2.11. The molecule has 0 fully saturated rings. The van der Waals surface area contributed by atoms with Gasteiger partial charge in [-0.05, 0) is 19.4 Å². The van der Waals surface area contributed by atoms with Gasteiger partial charge in [0, 0.05) is 18.7 Å². The molecule has 2 heterocycles. The molecule has 13 heavy (non-hydrogen) atoms. The van der Waals surface area contributed by atoms with Gasteiger partial charge in [-0.2, -0.15) is 0 Å². The Kier molecular flexibility index (Phi) is 2.22. The van der Waals surface area contributed by atoms with E-state index < -0.39 is 0 Å². The summed E-state index contributed by atoms with van der Waals surface area (Å²) in [6.07, 6.45) is 2.16. The number of nitrogens with two attached hydrogens (primary N) is 1. The zero-order chi connectivity index (χ0) is 9.26. The van der Waals surface area contributed by atoms with Crippen molar-refractivity contribution >= 4 is 5.88 Å². The van der Waals surface area contributed by atoms with Crippen LogP contribution in [0.25, 0.3) is 0 Å². The van der Waals surface area contributed by atoms with Gasteiger partial charge in [0.1, 0.15) is 5.69 Å². The highest BCUT2D eigenvalue weighted by molar-refractivity contribution is 5.40. The predicted molar refractivity (Wildman–Crippen MR) is 50.2 cm³/mol. The summed E-state index contributed by atoms with van der Waals surface area (Å²) in [7, 11) is 0. The molecule has 2 rings (SSSR count). The van der Waals surface area contributed by atoms with E-state index >= 15 is 0 Å². The second kappa shape index (κ2) is 3.38. The lowest BCUT2D eigenvalue weighted by molar-refractivity contribution is 0.248. The molecule has 4 nitrogen and oxygen atoms in total. The Morgan fingerprint density at radius 2 is 2.46 bits per heavy atom. The summed E-state index contributed by atoms with van der Waals surface area (Å²) in [4.78, 5) is 2.38. The van der Waals surface area contributed by atoms with E-state index in [0.29, 0.717) is 5.88 Å². The van der Waals surface area contributed by atoms with E-state index in [1.54, 1.807) is 0 Å². The van der Waals surface area contributed by atoms with Gasteiger partial charge in [-0.25, -0.2) is 0 Å². The Morgan fingerprint density at radius 3 is 3.23 bits per heavy atom. The molecule has 0 aliphatic carbocycles. The van der Waals surface area contributed by atoms with Gasteiger partial charge >= 0.3 is 0 Å². The van der Waals surface area contributed by atoms with Gasteiger partial charge in [-0.15, -0.1) is 0 Å². The van der Waals surface area contributed by atoms with E-state index in [1.165, 1.54) is 6.42 Å². The summed E-state index contributed by atoms with van der Waals surface area (Å²) in [5.74, 6) is 0.506. The molecule has 0 spiro atoms. The summed E-state index contributed by atoms with van der Waals surface area (Å²) < 4.78 is 4.94. The number of hydrogen-bond acceptors (Lipinski definition) is 4. The monoisotopic (exact) mass is 181 g/mol. The van der Waals surface area contributed by atoms with Gasteiger partial charge in [0.05, 0.1) is 0 Å². The van der Waals surface area contributed by atoms with Crippen molar-refractivity contribution in [2.45, 2.75) is 26.3 Å². The third kappa shape index (κ3) is 1.54. The van der Waals surface area contributed by atoms with Crippen LogP contribution in [-0.4, -0.2) is 23.1 Å². The Bertz CT molecular complexity index is 295. The van der Waals surface area contributed by atoms with E-state index in [-0.39, 0.29) is 0 Å². The summed E-state index contributed by atoms with van der Waals surface area (Å²) in [6.45, 7) is 5.29. The molecule has 0 saturated carbocycles. The first kappa shape index (κ1) is 8.56. The van der Waals surface area contributed by atoms with Crippen LogP contribution in [0.2, 0.25) is 0 Å². The Labute approximate surface area is 77.7 Å². The molecule has 1 aromatic rings. The third-order valence-corrected chi connectivity index (χ3v) is 2.49. The van der Waals surface area contributed by atoms with Crippen molar-refractivity contribution in [2.75, 3.05) is 18.8 Å². The SMILES string of the molecule is CCCN1CCc2c(noc2N)C1. The van der Waals surface area contributed by atoms with Crippen LogP contribution in [0.1, 0.15) is 24.6 Å². The molecule has 1 aliphatic rings. The van der Waals surface area contributed by atoms with E-state index in [2.05, 4.69) is 17.0 Å². The molecule has 0 atom stereocenters. The van der Waals surface area contributed by atoms with Crippen molar-refractivity contribution in [3.63, 3.8) is 0 Å². The molecule has 2 N–H and O–H groups in total. The van der Waals surface area contributed by atoms with E-state index in [9.17, 15) is 0 Å². The predicted octanol–water partition coefficient (Wildman–Crippen LogP) is 1.02. The van der Waals surface area contributed by atoms with Crippen LogP contribution in [0.3, 0.4) is 0 Å². The standard InChI is InChI=1S/C9H15N3O/c1-2-4-12-5-3-7-8(6-12)11-13-9(7)10/h2-6,10H2,1H3. The Hall–Kier alpha value is -1.03. The zero-order valence-corrected chi connectivity index (χ0v) is 7.92. The smallest absolute Gasteiger partial charge is 0.225 e. The first-order valence-corrected chi connectivity index (χ1v) is 4.76. The third-order valence-electron chi connectivity index (χ3n) is 2.49. The minimum atomic E-state index is 0.506. The highest BCUT2D eigenvalue weighted by atomic mass is 16.5. The molecule has 1 aromatic heterocycles. The fraction of sp³-hybridized carbons (Fsp3) is 0.667. The molecule has 0 amide bonds. The zero-order valence-electron chi connectivity index (χ0n) is 7.92. The van der Waals surface area contributed by atoms with Crippen LogP contribution in [0.4, 0.5) is 5.88 Å². The van der Waals surface area contributed by atoms with Crippen LogP contribution >= 0.6 is 0 Å². The van der Waals surface area contributed by atoms with Crippen molar-refractivity contribution < 1.29 is 4.52 Å². The highest BCUT2D eigenvalue weighted by Gasteiger charge is 2.21. The summed E-state index contributed by atoms with van der Waals surface area (Å²) >= 11 is 0. The molecule has 0 aromatic carbocycles. The molecule has 0 saturated heterocycles. The van der Waals surface area contributed by atoms with Crippen molar-refractivity contribution in [1.29, 1.82) is 0 Å². The number of rotatable bonds is 2. The number of aromatic nitrogens is 1. The normalized spacial score (nSPS) is 17.3. The number of anilines is 1. The molecule has 0 bridgehead atoms. The molecular formula is C9H15N3O. The van der Waals surface area contributed by atoms with Crippen LogP contribution in [0, 0.1) is 0 Å². The highest BCUT2D eigenvalue weighted by Crippen LogP contribution is 2.23. The summed E-state index contributed by atoms with van der Waals surface area (Å²) in [5, 5.41) is 3.95. The van der Waals surface area contributed by atoms with Crippen LogP contribution < -0.4 is 5.73 Å². The van der Waals surface area contributed by atoms with Gasteiger partial charge in [-0.3, -0.25) is 4.90 Å². The average molecular weight is 181 g/mol. The quantitative estimate of drug-likeness (QED) is 0.740. The van der Waals surface area contributed by atoms with Crippen LogP contribution in [0.5, 0.6) is 0 Å². The van der Waals surface area contributed by atoms with Crippen LogP contribution in [-0.2, 0) is 13.0 Å². The summed E-state index contributed by atoms with van der Waals surface area (Å²) in [6, 6.07) is 0. The molecule has 0 unspecified atom stereocenters. The minimum absolute atomic E-state index is 0.506. The number of hydrogen-bond donors (Lipinski definition) is 1. The van der Waals surface area contributed by atoms with Crippen molar-refractivity contribution in [3.05, 3.63) is 11.3 Å². The first-order chi connectivity index (χ1) is 6.31. The largest absolute Gasteiger partial charge is 0.367 e. The lowest BCUT2D eigenvalue weighted by atomic mass is 10.1. The minimum Gasteiger partial charge on any atom is -0.367 e. The van der Waals surface area contributed by atoms with Crippen molar-refractivity contribution in [1.82, 2.24) is 10.1 Å². The molecular weight excluding hydrogens is 166 g/mol. The fourth-order valence-electron chi connectivity index (χ4n) is 1.82. The summed E-state index contributed by atoms with van der Waals surface area (Å²) in [5.41, 5.74) is 7.78. The maximum atomic E-state index is 5.63. The van der Waals surface area contributed by atoms with E-state index in [1.807, 2.05) is 0 Å². The molecule has 72 valence electrons. The number of nitrogens with zero attached hydrogens (tertiary/aromatic N) is 2. The molecule has 0 radical (unpaired) electrons. The second-order valence-electron chi connectivity index (χ2n) is 3.50. The van der Waals surface area contributed by atoms with Gasteiger partial charge in [0.15, 0.2) is 0 Å². The van der Waals surface area contributed by atoms with Gasteiger partial charge in [-0.1, -0.05) is 12.1 Å². The molecule has 4 heteroatoms. The van der Waals surface area contributed by atoms with Gasteiger partial charge in [0.2, 0.25) is 5.88 Å². The number of nitrogen functional groups attached to an aromatic ring is 1. The fourth-order valence-corrected chi connectivity index (χ4v) is 1.82. The Morgan fingerprint density at radius 1 is 1.62 bits per heavy atom. The maximum Gasteiger partial charge on any atom is 0.225 e. The number of fused-ring (bicyclic) bond motifs is 1. The van der Waals surface area contributed by atoms with Crippen LogP contribution in [0.15, 0.2) is 4.52 Å². The molecule has 1 aliphatic heterocycles. The first-order valence-electron chi connectivity index (χ1n) is 4.76. The van der Waals surface area contributed by atoms with Crippen molar-refractivity contribution in [2.24, 2.45) is 0 Å². The lowest BCUT2D eigenvalue weighted by Crippen LogP contribution is -2.31. The van der Waals surface area contributed by atoms with Gasteiger partial charge in [0.25, 0.3) is 0 Å². The average Bonchev–Trinajstić information content (AvgIpc) is 2.48.